The minimum atomic E-state index is -0.422. The lowest BCUT2D eigenvalue weighted by atomic mass is 10.1. The molecule has 5 rings (SSSR count). The van der Waals surface area contributed by atoms with Crippen LogP contribution in [0, 0.1) is 0 Å². The molecule has 0 radical (unpaired) electrons. The molecule has 2 fully saturated rings. The van der Waals surface area contributed by atoms with Crippen molar-refractivity contribution in [3.05, 3.63) is 70.2 Å². The van der Waals surface area contributed by atoms with Gasteiger partial charge in [0.25, 0.3) is 11.1 Å². The average Bonchev–Trinajstić information content (AvgIpc) is 3.53. The molecule has 3 heterocycles. The van der Waals surface area contributed by atoms with Crippen LogP contribution in [0.25, 0.3) is 17.0 Å². The van der Waals surface area contributed by atoms with E-state index < -0.39 is 11.1 Å². The molecule has 1 N–H and O–H groups in total. The summed E-state index contributed by atoms with van der Waals surface area (Å²) in [7, 11) is 0. The highest BCUT2D eigenvalue weighted by molar-refractivity contribution is 8.19. The first-order chi connectivity index (χ1) is 16.5. The molecule has 1 atom stereocenters. The van der Waals surface area contributed by atoms with Gasteiger partial charge in [-0.15, -0.1) is 0 Å². The molecule has 0 saturated carbocycles. The van der Waals surface area contributed by atoms with Gasteiger partial charge in [0.05, 0.1) is 21.7 Å². The zero-order valence-electron chi connectivity index (χ0n) is 18.2. The summed E-state index contributed by atoms with van der Waals surface area (Å²) in [6.07, 6.45) is 5.59. The molecule has 3 aromatic rings. The van der Waals surface area contributed by atoms with Gasteiger partial charge in [0.1, 0.15) is 6.54 Å². The number of aromatic nitrogens is 1. The van der Waals surface area contributed by atoms with Crippen LogP contribution in [-0.2, 0) is 20.9 Å². The van der Waals surface area contributed by atoms with Gasteiger partial charge in [-0.25, -0.2) is 4.90 Å². The van der Waals surface area contributed by atoms with E-state index in [1.807, 2.05) is 35.0 Å². The van der Waals surface area contributed by atoms with Crippen LogP contribution in [0.3, 0.4) is 0 Å². The van der Waals surface area contributed by atoms with Crippen molar-refractivity contribution in [1.29, 1.82) is 0 Å². The minimum absolute atomic E-state index is 0.0784. The molecule has 0 spiro atoms. The van der Waals surface area contributed by atoms with Crippen molar-refractivity contribution in [1.82, 2.24) is 9.88 Å². The molecule has 2 aliphatic rings. The molecular weight excluding hydrogens is 474 g/mol. The SMILES string of the molecule is O=C(Cn1cc(/C=C2\SC(=O)N(c3ccccc3Cl)C2=O)c2ccccc21)NC[C@@H]1CCCO1. The number of thioether (sulfide) groups is 1. The molecule has 2 aromatic carbocycles. The number of rotatable bonds is 6. The van der Waals surface area contributed by atoms with E-state index in [4.69, 9.17) is 16.3 Å². The van der Waals surface area contributed by atoms with E-state index in [1.165, 1.54) is 0 Å². The minimum Gasteiger partial charge on any atom is -0.376 e. The van der Waals surface area contributed by atoms with Gasteiger partial charge < -0.3 is 14.6 Å². The lowest BCUT2D eigenvalue weighted by molar-refractivity contribution is -0.122. The van der Waals surface area contributed by atoms with E-state index >= 15 is 0 Å². The Morgan fingerprint density at radius 3 is 2.76 bits per heavy atom. The summed E-state index contributed by atoms with van der Waals surface area (Å²) in [5.41, 5.74) is 1.99. The third kappa shape index (κ3) is 4.49. The Morgan fingerprint density at radius 1 is 1.18 bits per heavy atom. The number of amides is 3. The monoisotopic (exact) mass is 495 g/mol. The van der Waals surface area contributed by atoms with E-state index in [-0.39, 0.29) is 18.6 Å². The van der Waals surface area contributed by atoms with Crippen molar-refractivity contribution in [3.63, 3.8) is 0 Å². The van der Waals surface area contributed by atoms with Crippen LogP contribution in [0.4, 0.5) is 10.5 Å². The van der Waals surface area contributed by atoms with Crippen molar-refractivity contribution in [2.24, 2.45) is 0 Å². The summed E-state index contributed by atoms with van der Waals surface area (Å²) < 4.78 is 7.42. The van der Waals surface area contributed by atoms with Crippen LogP contribution in [-0.4, -0.2) is 40.9 Å². The first kappa shape index (κ1) is 22.7. The van der Waals surface area contributed by atoms with E-state index in [0.717, 1.165) is 52.6 Å². The Morgan fingerprint density at radius 2 is 1.97 bits per heavy atom. The summed E-state index contributed by atoms with van der Waals surface area (Å²) in [5.74, 6) is -0.531. The van der Waals surface area contributed by atoms with Gasteiger partial charge in [0, 0.05) is 35.8 Å². The van der Waals surface area contributed by atoms with E-state index in [0.29, 0.717) is 22.2 Å². The number of nitrogens with zero attached hydrogens (tertiary/aromatic N) is 2. The number of imide groups is 1. The maximum absolute atomic E-state index is 13.1. The number of ether oxygens (including phenoxy) is 1. The molecule has 34 heavy (non-hydrogen) atoms. The molecule has 1 aromatic heterocycles. The summed E-state index contributed by atoms with van der Waals surface area (Å²) in [6.45, 7) is 1.39. The molecule has 3 amide bonds. The molecular formula is C25H22ClN3O4S. The maximum Gasteiger partial charge on any atom is 0.298 e. The number of hydrogen-bond donors (Lipinski definition) is 1. The Kier molecular flexibility index (Phi) is 6.45. The highest BCUT2D eigenvalue weighted by atomic mass is 35.5. The third-order valence-corrected chi connectivity index (χ3v) is 7.05. The third-order valence-electron chi connectivity index (χ3n) is 5.86. The Hall–Kier alpha value is -3.07. The van der Waals surface area contributed by atoms with Gasteiger partial charge in [-0.2, -0.15) is 0 Å². The van der Waals surface area contributed by atoms with Crippen LogP contribution < -0.4 is 10.2 Å². The number of fused-ring (bicyclic) bond motifs is 1. The molecule has 0 aliphatic carbocycles. The second-order valence-corrected chi connectivity index (χ2v) is 9.54. The number of nitrogens with one attached hydrogen (secondary N) is 1. The summed E-state index contributed by atoms with van der Waals surface area (Å²) >= 11 is 7.09. The molecule has 0 bridgehead atoms. The largest absolute Gasteiger partial charge is 0.376 e. The van der Waals surface area contributed by atoms with Crippen molar-refractivity contribution in [2.45, 2.75) is 25.5 Å². The van der Waals surface area contributed by atoms with Crippen molar-refractivity contribution in [3.8, 4) is 0 Å². The highest BCUT2D eigenvalue weighted by Gasteiger charge is 2.37. The van der Waals surface area contributed by atoms with Crippen LogP contribution in [0.5, 0.6) is 0 Å². The predicted octanol–water partition coefficient (Wildman–Crippen LogP) is 4.83. The number of para-hydroxylation sites is 2. The Balaban J connectivity index is 1.40. The zero-order chi connectivity index (χ0) is 23.7. The summed E-state index contributed by atoms with van der Waals surface area (Å²) in [6, 6.07) is 14.4. The van der Waals surface area contributed by atoms with E-state index in [1.54, 1.807) is 30.3 Å². The predicted molar refractivity (Wildman–Crippen MR) is 134 cm³/mol. The normalized spacial score (nSPS) is 19.5. The van der Waals surface area contributed by atoms with E-state index in [2.05, 4.69) is 5.32 Å². The summed E-state index contributed by atoms with van der Waals surface area (Å²) in [5, 5.41) is 3.76. The maximum atomic E-state index is 13.1. The first-order valence-corrected chi connectivity index (χ1v) is 12.2. The van der Waals surface area contributed by atoms with Gasteiger partial charge in [0.15, 0.2) is 0 Å². The second-order valence-electron chi connectivity index (χ2n) is 8.14. The average molecular weight is 496 g/mol. The lowest BCUT2D eigenvalue weighted by Crippen LogP contribution is -2.34. The van der Waals surface area contributed by atoms with Crippen LogP contribution in [0.1, 0.15) is 18.4 Å². The number of hydrogen-bond acceptors (Lipinski definition) is 5. The standard InChI is InChI=1S/C25H22ClN3O4S/c26-19-8-2-4-10-21(19)29-24(31)22(34-25(29)32)12-16-14-28(20-9-3-1-7-18(16)20)15-23(30)27-13-17-6-5-11-33-17/h1-4,7-10,12,14,17H,5-6,11,13,15H2,(H,27,30)/b22-12-/t17-/m0/s1. The van der Waals surface area contributed by atoms with Gasteiger partial charge in [-0.1, -0.05) is 41.9 Å². The van der Waals surface area contributed by atoms with E-state index in [9.17, 15) is 14.4 Å². The molecule has 2 aliphatic heterocycles. The lowest BCUT2D eigenvalue weighted by Gasteiger charge is -2.13. The van der Waals surface area contributed by atoms with Crippen LogP contribution in [0.2, 0.25) is 5.02 Å². The van der Waals surface area contributed by atoms with Crippen molar-refractivity contribution in [2.75, 3.05) is 18.1 Å². The smallest absolute Gasteiger partial charge is 0.298 e. The molecule has 0 unspecified atom stereocenters. The number of carbonyl (C=O) groups excluding carboxylic acids is 3. The van der Waals surface area contributed by atoms with Gasteiger partial charge in [0.2, 0.25) is 5.91 Å². The number of anilines is 1. The fourth-order valence-corrected chi connectivity index (χ4v) is 5.26. The first-order valence-electron chi connectivity index (χ1n) is 11.0. The molecule has 174 valence electrons. The molecule has 7 nitrogen and oxygen atoms in total. The van der Waals surface area contributed by atoms with Gasteiger partial charge >= 0.3 is 0 Å². The second kappa shape index (κ2) is 9.66. The van der Waals surface area contributed by atoms with Crippen molar-refractivity contribution < 1.29 is 19.1 Å². The topological polar surface area (TPSA) is 80.6 Å². The Labute approximate surface area is 205 Å². The van der Waals surface area contributed by atoms with Gasteiger partial charge in [-0.3, -0.25) is 14.4 Å². The van der Waals surface area contributed by atoms with Crippen LogP contribution >= 0.6 is 23.4 Å². The summed E-state index contributed by atoms with van der Waals surface area (Å²) in [4.78, 5) is 39.7. The molecule has 2 saturated heterocycles. The fourth-order valence-electron chi connectivity index (χ4n) is 4.21. The number of benzene rings is 2. The van der Waals surface area contributed by atoms with Crippen LogP contribution in [0.15, 0.2) is 59.6 Å². The number of halogens is 1. The Bertz CT molecular complexity index is 1310. The van der Waals surface area contributed by atoms with Gasteiger partial charge in [-0.05, 0) is 48.9 Å². The molecule has 9 heteroatoms. The highest BCUT2D eigenvalue weighted by Crippen LogP contribution is 2.39. The number of carbonyl (C=O) groups is 3. The fraction of sp³-hybridized carbons (Fsp3) is 0.240. The zero-order valence-corrected chi connectivity index (χ0v) is 19.8. The van der Waals surface area contributed by atoms with Crippen molar-refractivity contribution >= 4 is 63.1 Å². The quantitative estimate of drug-likeness (QED) is 0.495.